The van der Waals surface area contributed by atoms with Crippen molar-refractivity contribution in [3.63, 3.8) is 0 Å². The second kappa shape index (κ2) is 5.90. The largest absolute Gasteiger partial charge is 0.330 e. The van der Waals surface area contributed by atoms with E-state index in [1.807, 2.05) is 6.92 Å². The average Bonchev–Trinajstić information content (AvgIpc) is 2.23. The van der Waals surface area contributed by atoms with Crippen molar-refractivity contribution in [2.45, 2.75) is 19.8 Å². The van der Waals surface area contributed by atoms with Crippen LogP contribution in [0, 0.1) is 5.92 Å². The van der Waals surface area contributed by atoms with Crippen LogP contribution in [0.3, 0.4) is 0 Å². The molecule has 1 heterocycles. The molecule has 96 valence electrons. The van der Waals surface area contributed by atoms with E-state index in [1.165, 1.54) is 6.26 Å². The number of carbonyl (C=O) groups is 3. The summed E-state index contributed by atoms with van der Waals surface area (Å²) in [6.07, 6.45) is 2.61. The van der Waals surface area contributed by atoms with Crippen molar-refractivity contribution >= 4 is 28.6 Å². The second-order valence-corrected chi connectivity index (χ2v) is 5.46. The molecule has 0 aliphatic carbocycles. The summed E-state index contributed by atoms with van der Waals surface area (Å²) < 4.78 is 10.9. The van der Waals surface area contributed by atoms with E-state index in [0.29, 0.717) is 12.8 Å². The maximum atomic E-state index is 11.9. The number of hydrogen-bond acceptors (Lipinski definition) is 4. The monoisotopic (exact) mass is 260 g/mol. The lowest BCUT2D eigenvalue weighted by atomic mass is 9.99. The fourth-order valence-electron chi connectivity index (χ4n) is 1.64. The van der Waals surface area contributed by atoms with Gasteiger partial charge >= 0.3 is 6.03 Å². The molecule has 4 amide bonds. The highest BCUT2D eigenvalue weighted by Gasteiger charge is 2.39. The molecule has 0 radical (unpaired) electrons. The minimum absolute atomic E-state index is 0.0846. The van der Waals surface area contributed by atoms with Gasteiger partial charge in [0.1, 0.15) is 5.92 Å². The van der Waals surface area contributed by atoms with Gasteiger partial charge in [0.15, 0.2) is 0 Å². The van der Waals surface area contributed by atoms with Gasteiger partial charge in [-0.2, -0.15) is 0 Å². The number of nitrogens with zero attached hydrogens (tertiary/aromatic N) is 1. The first-order chi connectivity index (χ1) is 7.97. The van der Waals surface area contributed by atoms with Crippen LogP contribution in [0.5, 0.6) is 0 Å². The van der Waals surface area contributed by atoms with Gasteiger partial charge in [0.25, 0.3) is 0 Å². The number of hydrogen-bond donors (Lipinski definition) is 1. The first kappa shape index (κ1) is 13.8. The number of carbonyl (C=O) groups excluding carboxylic acids is 3. The third kappa shape index (κ3) is 3.36. The van der Waals surface area contributed by atoms with E-state index in [4.69, 9.17) is 0 Å². The molecular formula is C10H16N2O4S. The molecular weight excluding hydrogens is 244 g/mol. The molecule has 1 N–H and O–H groups in total. The minimum Gasteiger partial charge on any atom is -0.277 e. The second-order valence-electron chi connectivity index (χ2n) is 3.90. The Morgan fingerprint density at radius 3 is 2.53 bits per heavy atom. The zero-order chi connectivity index (χ0) is 13.0. The predicted molar refractivity (Wildman–Crippen MR) is 62.6 cm³/mol. The predicted octanol–water partition coefficient (Wildman–Crippen LogP) is -0.140. The van der Waals surface area contributed by atoms with Crippen molar-refractivity contribution in [1.82, 2.24) is 10.2 Å². The molecule has 1 aliphatic heterocycles. The van der Waals surface area contributed by atoms with E-state index in [0.717, 1.165) is 4.90 Å². The fraction of sp³-hybridized carbons (Fsp3) is 0.700. The lowest BCUT2D eigenvalue weighted by Gasteiger charge is -2.29. The molecule has 0 aromatic carbocycles. The highest BCUT2D eigenvalue weighted by Crippen LogP contribution is 2.15. The molecule has 1 aliphatic rings. The first-order valence-corrected chi connectivity index (χ1v) is 7.16. The summed E-state index contributed by atoms with van der Waals surface area (Å²) in [7, 11) is -1.08. The van der Waals surface area contributed by atoms with Crippen LogP contribution < -0.4 is 5.32 Å². The van der Waals surface area contributed by atoms with E-state index in [9.17, 15) is 18.6 Å². The van der Waals surface area contributed by atoms with Crippen LogP contribution in [0.2, 0.25) is 0 Å². The van der Waals surface area contributed by atoms with Crippen LogP contribution in [0.1, 0.15) is 19.8 Å². The summed E-state index contributed by atoms with van der Waals surface area (Å²) in [5.41, 5.74) is 0. The van der Waals surface area contributed by atoms with Gasteiger partial charge in [0.2, 0.25) is 11.8 Å². The molecule has 0 bridgehead atoms. The highest BCUT2D eigenvalue weighted by molar-refractivity contribution is 7.84. The summed E-state index contributed by atoms with van der Waals surface area (Å²) in [5, 5.41) is 2.15. The fourth-order valence-corrected chi connectivity index (χ4v) is 2.07. The lowest BCUT2D eigenvalue weighted by molar-refractivity contribution is -0.142. The molecule has 0 spiro atoms. The summed E-state index contributed by atoms with van der Waals surface area (Å²) in [6.45, 7) is 1.95. The zero-order valence-corrected chi connectivity index (χ0v) is 10.7. The van der Waals surface area contributed by atoms with Crippen molar-refractivity contribution in [2.24, 2.45) is 5.92 Å². The normalized spacial score (nSPS) is 22.6. The molecule has 0 aromatic heterocycles. The molecule has 2 unspecified atom stereocenters. The molecule has 7 heteroatoms. The molecule has 6 nitrogen and oxygen atoms in total. The van der Waals surface area contributed by atoms with E-state index in [2.05, 4.69) is 5.32 Å². The van der Waals surface area contributed by atoms with Crippen LogP contribution in [0.25, 0.3) is 0 Å². The van der Waals surface area contributed by atoms with Crippen molar-refractivity contribution in [3.05, 3.63) is 0 Å². The van der Waals surface area contributed by atoms with Crippen molar-refractivity contribution in [2.75, 3.05) is 18.6 Å². The molecule has 0 saturated carbocycles. The van der Waals surface area contributed by atoms with Gasteiger partial charge in [-0.1, -0.05) is 13.3 Å². The van der Waals surface area contributed by atoms with E-state index < -0.39 is 34.6 Å². The van der Waals surface area contributed by atoms with Gasteiger partial charge in [-0.15, -0.1) is 0 Å². The van der Waals surface area contributed by atoms with Gasteiger partial charge in [-0.3, -0.25) is 24.0 Å². The average molecular weight is 260 g/mol. The number of rotatable bonds is 5. The van der Waals surface area contributed by atoms with Crippen LogP contribution in [0.4, 0.5) is 4.79 Å². The Morgan fingerprint density at radius 2 is 2.00 bits per heavy atom. The van der Waals surface area contributed by atoms with Crippen LogP contribution >= 0.6 is 0 Å². The van der Waals surface area contributed by atoms with Gasteiger partial charge in [0, 0.05) is 29.4 Å². The number of urea groups is 1. The van der Waals surface area contributed by atoms with Crippen LogP contribution in [0.15, 0.2) is 0 Å². The van der Waals surface area contributed by atoms with E-state index >= 15 is 0 Å². The third-order valence-electron chi connectivity index (χ3n) is 2.54. The number of nitrogens with one attached hydrogen (secondary N) is 1. The Kier molecular flexibility index (Phi) is 4.80. The van der Waals surface area contributed by atoms with Gasteiger partial charge < -0.3 is 0 Å². The maximum Gasteiger partial charge on any atom is 0.330 e. The topological polar surface area (TPSA) is 83.6 Å². The molecule has 1 rings (SSSR count). The van der Waals surface area contributed by atoms with Gasteiger partial charge in [-0.05, 0) is 6.42 Å². The van der Waals surface area contributed by atoms with Crippen LogP contribution in [-0.2, 0) is 20.4 Å². The first-order valence-electron chi connectivity index (χ1n) is 5.43. The lowest BCUT2D eigenvalue weighted by Crippen LogP contribution is -2.58. The minimum atomic E-state index is -1.08. The van der Waals surface area contributed by atoms with Gasteiger partial charge in [-0.25, -0.2) is 4.79 Å². The number of barbiturate groups is 1. The Balaban J connectivity index is 2.75. The van der Waals surface area contributed by atoms with Crippen molar-refractivity contribution in [3.8, 4) is 0 Å². The maximum absolute atomic E-state index is 11.9. The highest BCUT2D eigenvalue weighted by atomic mass is 32.2. The van der Waals surface area contributed by atoms with Gasteiger partial charge in [0.05, 0.1) is 0 Å². The molecule has 1 fully saturated rings. The van der Waals surface area contributed by atoms with Crippen LogP contribution in [-0.4, -0.2) is 45.5 Å². The Hall–Kier alpha value is -1.24. The summed E-state index contributed by atoms with van der Waals surface area (Å²) >= 11 is 0. The van der Waals surface area contributed by atoms with Crippen molar-refractivity contribution < 1.29 is 18.6 Å². The van der Waals surface area contributed by atoms with Crippen molar-refractivity contribution in [1.29, 1.82) is 0 Å². The Labute approximate surface area is 102 Å². The molecule has 2 atom stereocenters. The van der Waals surface area contributed by atoms with E-state index in [1.54, 1.807) is 0 Å². The summed E-state index contributed by atoms with van der Waals surface area (Å²) in [5.74, 6) is -1.57. The standard InChI is InChI=1S/C10H16N2O4S/c1-3-4-7-8(13)11-10(15)12(9(7)14)5-6-17(2)16/h7H,3-6H2,1-2H3,(H,11,13,15). The van der Waals surface area contributed by atoms with E-state index in [-0.39, 0.29) is 12.3 Å². The molecule has 17 heavy (non-hydrogen) atoms. The SMILES string of the molecule is CCCC1C(=O)NC(=O)N(CCS(C)=O)C1=O. The number of amides is 4. The summed E-state index contributed by atoms with van der Waals surface area (Å²) in [4.78, 5) is 35.8. The summed E-state index contributed by atoms with van der Waals surface area (Å²) in [6, 6.07) is -0.710. The molecule has 0 aromatic rings. The number of imide groups is 2. The molecule has 1 saturated heterocycles. The third-order valence-corrected chi connectivity index (χ3v) is 3.29. The smallest absolute Gasteiger partial charge is 0.277 e. The quantitative estimate of drug-likeness (QED) is 0.697. The zero-order valence-electron chi connectivity index (χ0n) is 9.89. The Bertz CT molecular complexity index is 369. The Morgan fingerprint density at radius 1 is 1.35 bits per heavy atom.